The van der Waals surface area contributed by atoms with Gasteiger partial charge >= 0.3 is 6.03 Å². The summed E-state index contributed by atoms with van der Waals surface area (Å²) in [5.41, 5.74) is 7.73. The highest BCUT2D eigenvalue weighted by atomic mass is 79.9. The van der Waals surface area contributed by atoms with E-state index in [1.54, 1.807) is 24.3 Å². The lowest BCUT2D eigenvalue weighted by Gasteiger charge is -2.07. The van der Waals surface area contributed by atoms with Crippen LogP contribution in [0.3, 0.4) is 0 Å². The van der Waals surface area contributed by atoms with Crippen molar-refractivity contribution >= 4 is 28.2 Å². The smallest absolute Gasteiger partial charge is 0.332 e. The van der Waals surface area contributed by atoms with Crippen LogP contribution in [0.1, 0.15) is 5.56 Å². The molecule has 0 aliphatic carbocycles. The molecule has 21 heavy (non-hydrogen) atoms. The van der Waals surface area contributed by atoms with Crippen molar-refractivity contribution in [3.63, 3.8) is 0 Å². The van der Waals surface area contributed by atoms with Gasteiger partial charge in [0.2, 0.25) is 0 Å². The summed E-state index contributed by atoms with van der Waals surface area (Å²) in [6, 6.07) is 10.4. The average Bonchev–Trinajstić information content (AvgIpc) is 2.43. The molecule has 0 unspecified atom stereocenters. The van der Waals surface area contributed by atoms with Gasteiger partial charge in [-0.15, -0.1) is 0 Å². The number of nitrogens with zero attached hydrogens (tertiary/aromatic N) is 1. The summed E-state index contributed by atoms with van der Waals surface area (Å²) in [4.78, 5) is 10.4. The summed E-state index contributed by atoms with van der Waals surface area (Å²) in [5.74, 6) is 0.748. The Hall–Kier alpha value is -2.41. The van der Waals surface area contributed by atoms with E-state index < -0.39 is 6.03 Å². The predicted molar refractivity (Wildman–Crippen MR) is 80.9 cm³/mol. The van der Waals surface area contributed by atoms with Crippen molar-refractivity contribution < 1.29 is 13.9 Å². The number of hydrogen-bond acceptors (Lipinski definition) is 3. The van der Waals surface area contributed by atoms with E-state index in [4.69, 9.17) is 10.5 Å². The third-order valence-electron chi connectivity index (χ3n) is 2.39. The Labute approximate surface area is 128 Å². The molecule has 2 rings (SSSR count). The summed E-state index contributed by atoms with van der Waals surface area (Å²) >= 11 is 3.23. The van der Waals surface area contributed by atoms with Gasteiger partial charge in [0.15, 0.2) is 0 Å². The minimum Gasteiger partial charge on any atom is -0.456 e. The second kappa shape index (κ2) is 6.85. The average molecular weight is 352 g/mol. The van der Waals surface area contributed by atoms with Crippen molar-refractivity contribution in [1.29, 1.82) is 0 Å². The Morgan fingerprint density at radius 1 is 1.29 bits per heavy atom. The van der Waals surface area contributed by atoms with Crippen molar-refractivity contribution in [2.75, 3.05) is 0 Å². The van der Waals surface area contributed by atoms with E-state index in [0.717, 1.165) is 5.56 Å². The molecule has 5 nitrogen and oxygen atoms in total. The molecule has 3 N–H and O–H groups in total. The van der Waals surface area contributed by atoms with E-state index in [9.17, 15) is 9.18 Å². The lowest BCUT2D eigenvalue weighted by Crippen LogP contribution is -2.24. The molecule has 0 radical (unpaired) electrons. The molecule has 0 heterocycles. The second-order valence-corrected chi connectivity index (χ2v) is 4.83. The van der Waals surface area contributed by atoms with Crippen molar-refractivity contribution in [3.05, 3.63) is 58.3 Å². The van der Waals surface area contributed by atoms with Crippen molar-refractivity contribution in [1.82, 2.24) is 5.43 Å². The number of hydrazone groups is 1. The minimum absolute atomic E-state index is 0.345. The summed E-state index contributed by atoms with van der Waals surface area (Å²) in [7, 11) is 0. The van der Waals surface area contributed by atoms with Gasteiger partial charge in [-0.1, -0.05) is 0 Å². The maximum absolute atomic E-state index is 13.0. The molecule has 0 aliphatic rings. The number of halogens is 2. The zero-order valence-electron chi connectivity index (χ0n) is 10.7. The van der Waals surface area contributed by atoms with Crippen LogP contribution in [-0.2, 0) is 0 Å². The SMILES string of the molecule is NC(=O)N/N=C\c1ccc(Oc2ccc(F)cc2Br)cc1. The number of nitrogens with two attached hydrogens (primary N) is 1. The maximum atomic E-state index is 13.0. The second-order valence-electron chi connectivity index (χ2n) is 3.98. The summed E-state index contributed by atoms with van der Waals surface area (Å²) < 4.78 is 19.1. The van der Waals surface area contributed by atoms with E-state index in [-0.39, 0.29) is 5.82 Å². The lowest BCUT2D eigenvalue weighted by atomic mass is 10.2. The molecule has 108 valence electrons. The molecule has 2 aromatic carbocycles. The summed E-state index contributed by atoms with van der Waals surface area (Å²) in [6.45, 7) is 0. The summed E-state index contributed by atoms with van der Waals surface area (Å²) in [5, 5.41) is 3.64. The molecule has 0 bridgehead atoms. The van der Waals surface area contributed by atoms with Crippen molar-refractivity contribution in [3.8, 4) is 11.5 Å². The molecule has 0 aliphatic heterocycles. The van der Waals surface area contributed by atoms with E-state index >= 15 is 0 Å². The molecule has 0 saturated carbocycles. The molecule has 0 atom stereocenters. The Morgan fingerprint density at radius 3 is 2.62 bits per heavy atom. The van der Waals surface area contributed by atoms with Gasteiger partial charge in [-0.25, -0.2) is 14.6 Å². The number of primary amides is 1. The molecule has 2 aromatic rings. The zero-order chi connectivity index (χ0) is 15.2. The topological polar surface area (TPSA) is 76.7 Å². The van der Waals surface area contributed by atoms with Gasteiger partial charge in [0, 0.05) is 0 Å². The van der Waals surface area contributed by atoms with Crippen LogP contribution in [0.15, 0.2) is 52.0 Å². The number of hydrogen-bond donors (Lipinski definition) is 2. The first-order valence-electron chi connectivity index (χ1n) is 5.86. The number of rotatable bonds is 4. The van der Waals surface area contributed by atoms with Crippen LogP contribution in [0.25, 0.3) is 0 Å². The first-order valence-corrected chi connectivity index (χ1v) is 6.65. The van der Waals surface area contributed by atoms with Gasteiger partial charge in [0.05, 0.1) is 10.7 Å². The molecule has 0 spiro atoms. The predicted octanol–water partition coefficient (Wildman–Crippen LogP) is 3.38. The standard InChI is InChI=1S/C14H11BrFN3O2/c15-12-7-10(16)3-6-13(12)21-11-4-1-9(2-5-11)8-18-19-14(17)20/h1-8H,(H3,17,19,20)/b18-8-. The number of carbonyl (C=O) groups is 1. The number of benzene rings is 2. The molecule has 7 heteroatoms. The molecule has 0 fully saturated rings. The quantitative estimate of drug-likeness (QED) is 0.654. The molecular weight excluding hydrogens is 341 g/mol. The number of carbonyl (C=O) groups excluding carboxylic acids is 1. The van der Waals surface area contributed by atoms with Crippen LogP contribution in [0.4, 0.5) is 9.18 Å². The highest BCUT2D eigenvalue weighted by Gasteiger charge is 2.04. The largest absolute Gasteiger partial charge is 0.456 e. The first kappa shape index (κ1) is 15.0. The first-order chi connectivity index (χ1) is 10.0. The van der Waals surface area contributed by atoms with Crippen LogP contribution >= 0.6 is 15.9 Å². The van der Waals surface area contributed by atoms with E-state index in [1.165, 1.54) is 24.4 Å². The van der Waals surface area contributed by atoms with Crippen LogP contribution in [-0.4, -0.2) is 12.2 Å². The van der Waals surface area contributed by atoms with Gasteiger partial charge < -0.3 is 10.5 Å². The normalized spacial score (nSPS) is 10.6. The summed E-state index contributed by atoms with van der Waals surface area (Å²) in [6.07, 6.45) is 1.45. The van der Waals surface area contributed by atoms with Crippen LogP contribution < -0.4 is 15.9 Å². The van der Waals surface area contributed by atoms with Crippen LogP contribution in [0.2, 0.25) is 0 Å². The van der Waals surface area contributed by atoms with E-state index in [0.29, 0.717) is 16.0 Å². The third kappa shape index (κ3) is 4.57. The van der Waals surface area contributed by atoms with E-state index in [1.807, 2.05) is 0 Å². The van der Waals surface area contributed by atoms with Crippen molar-refractivity contribution in [2.24, 2.45) is 10.8 Å². The molecule has 0 saturated heterocycles. The fraction of sp³-hybridized carbons (Fsp3) is 0. The number of urea groups is 1. The molecule has 2 amide bonds. The number of ether oxygens (including phenoxy) is 1. The monoisotopic (exact) mass is 351 g/mol. The Kier molecular flexibility index (Phi) is 4.89. The third-order valence-corrected chi connectivity index (χ3v) is 3.01. The molecular formula is C14H11BrFN3O2. The van der Waals surface area contributed by atoms with Gasteiger partial charge in [0.1, 0.15) is 17.3 Å². The Bertz CT molecular complexity index is 674. The Morgan fingerprint density at radius 2 is 2.00 bits per heavy atom. The zero-order valence-corrected chi connectivity index (χ0v) is 12.3. The van der Waals surface area contributed by atoms with Crippen LogP contribution in [0.5, 0.6) is 11.5 Å². The fourth-order valence-corrected chi connectivity index (χ4v) is 1.91. The minimum atomic E-state index is -0.729. The fourth-order valence-electron chi connectivity index (χ4n) is 1.48. The van der Waals surface area contributed by atoms with Gasteiger partial charge in [-0.3, -0.25) is 0 Å². The van der Waals surface area contributed by atoms with Gasteiger partial charge in [-0.05, 0) is 64.0 Å². The number of amides is 2. The highest BCUT2D eigenvalue weighted by molar-refractivity contribution is 9.10. The molecule has 0 aromatic heterocycles. The Balaban J connectivity index is 2.05. The number of nitrogens with one attached hydrogen (secondary N) is 1. The maximum Gasteiger partial charge on any atom is 0.332 e. The van der Waals surface area contributed by atoms with E-state index in [2.05, 4.69) is 26.5 Å². The van der Waals surface area contributed by atoms with Crippen LogP contribution in [0, 0.1) is 5.82 Å². The lowest BCUT2D eigenvalue weighted by molar-refractivity contribution is 0.249. The van der Waals surface area contributed by atoms with Gasteiger partial charge in [-0.2, -0.15) is 5.10 Å². The van der Waals surface area contributed by atoms with Gasteiger partial charge in [0.25, 0.3) is 0 Å². The highest BCUT2D eigenvalue weighted by Crippen LogP contribution is 2.30. The van der Waals surface area contributed by atoms with Crippen molar-refractivity contribution in [2.45, 2.75) is 0 Å².